The molecule has 1 unspecified atom stereocenters. The van der Waals surface area contributed by atoms with E-state index in [0.29, 0.717) is 22.9 Å². The van der Waals surface area contributed by atoms with Crippen LogP contribution >= 0.6 is 0 Å². The van der Waals surface area contributed by atoms with Crippen molar-refractivity contribution >= 4 is 26.5 Å². The van der Waals surface area contributed by atoms with E-state index in [0.717, 1.165) is 17.0 Å². The minimum Gasteiger partial charge on any atom is -0.344 e. The standard InChI is InChI=1S/C21H23N3O4S/c1-13-4-5-19-18(8-13)21(26)23(12-22-19)10-20(25)17-9-14(2)24(15(17)3)16-6-7-29(27,28)11-16/h4-5,8-9,12,16H,6-7,10-11H2,1-3H3. The molecule has 29 heavy (non-hydrogen) atoms. The first-order chi connectivity index (χ1) is 13.7. The molecule has 0 radical (unpaired) electrons. The fraction of sp³-hybridized carbons (Fsp3) is 0.381. The Hall–Kier alpha value is -2.74. The molecule has 1 aliphatic heterocycles. The molecule has 0 aliphatic carbocycles. The Balaban J connectivity index is 1.66. The molecule has 7 nitrogen and oxygen atoms in total. The highest BCUT2D eigenvalue weighted by Gasteiger charge is 2.31. The smallest absolute Gasteiger partial charge is 0.261 e. The fourth-order valence-corrected chi connectivity index (χ4v) is 5.93. The van der Waals surface area contributed by atoms with Gasteiger partial charge in [-0.1, -0.05) is 11.6 Å². The van der Waals surface area contributed by atoms with E-state index < -0.39 is 9.84 Å². The van der Waals surface area contributed by atoms with Gasteiger partial charge in [0.15, 0.2) is 15.6 Å². The maximum absolute atomic E-state index is 13.0. The van der Waals surface area contributed by atoms with Gasteiger partial charge in [-0.15, -0.1) is 0 Å². The first kappa shape index (κ1) is 19.6. The number of sulfone groups is 1. The minimum atomic E-state index is -3.03. The predicted octanol–water partition coefficient (Wildman–Crippen LogP) is 2.37. The summed E-state index contributed by atoms with van der Waals surface area (Å²) >= 11 is 0. The normalized spacial score (nSPS) is 18.4. The molecule has 1 fully saturated rings. The van der Waals surface area contributed by atoms with Gasteiger partial charge < -0.3 is 4.57 Å². The van der Waals surface area contributed by atoms with Crippen LogP contribution in [0.1, 0.15) is 39.8 Å². The van der Waals surface area contributed by atoms with Crippen molar-refractivity contribution in [2.75, 3.05) is 11.5 Å². The highest BCUT2D eigenvalue weighted by Crippen LogP contribution is 2.29. The Bertz CT molecular complexity index is 1300. The van der Waals surface area contributed by atoms with Crippen LogP contribution in [-0.2, 0) is 16.4 Å². The lowest BCUT2D eigenvalue weighted by Gasteiger charge is -2.16. The molecule has 1 saturated heterocycles. The third-order valence-electron chi connectivity index (χ3n) is 5.65. The molecular formula is C21H23N3O4S. The molecule has 152 valence electrons. The Morgan fingerprint density at radius 3 is 2.66 bits per heavy atom. The van der Waals surface area contributed by atoms with Crippen LogP contribution in [0.5, 0.6) is 0 Å². The van der Waals surface area contributed by atoms with E-state index in [2.05, 4.69) is 4.98 Å². The first-order valence-electron chi connectivity index (χ1n) is 9.54. The number of hydrogen-bond acceptors (Lipinski definition) is 5. The molecule has 3 aromatic rings. The van der Waals surface area contributed by atoms with Gasteiger partial charge in [0, 0.05) is 23.0 Å². The number of fused-ring (bicyclic) bond motifs is 1. The summed E-state index contributed by atoms with van der Waals surface area (Å²) in [4.78, 5) is 30.1. The second-order valence-electron chi connectivity index (χ2n) is 7.83. The maximum Gasteiger partial charge on any atom is 0.261 e. The molecule has 0 N–H and O–H groups in total. The summed E-state index contributed by atoms with van der Waals surface area (Å²) in [6.45, 7) is 5.50. The predicted molar refractivity (Wildman–Crippen MR) is 111 cm³/mol. The van der Waals surface area contributed by atoms with Gasteiger partial charge in [-0.25, -0.2) is 13.4 Å². The highest BCUT2D eigenvalue weighted by molar-refractivity contribution is 7.91. The van der Waals surface area contributed by atoms with Gasteiger partial charge in [0.1, 0.15) is 0 Å². The Morgan fingerprint density at radius 2 is 1.97 bits per heavy atom. The zero-order valence-electron chi connectivity index (χ0n) is 16.7. The van der Waals surface area contributed by atoms with Gasteiger partial charge in [-0.3, -0.25) is 14.2 Å². The second kappa shape index (κ2) is 6.95. The number of hydrogen-bond donors (Lipinski definition) is 0. The number of aryl methyl sites for hydroxylation is 2. The van der Waals surface area contributed by atoms with Crippen molar-refractivity contribution in [2.24, 2.45) is 0 Å². The second-order valence-corrected chi connectivity index (χ2v) is 10.1. The molecule has 8 heteroatoms. The van der Waals surface area contributed by atoms with E-state index in [9.17, 15) is 18.0 Å². The lowest BCUT2D eigenvalue weighted by Crippen LogP contribution is -2.25. The van der Waals surface area contributed by atoms with Crippen molar-refractivity contribution < 1.29 is 13.2 Å². The lowest BCUT2D eigenvalue weighted by atomic mass is 10.1. The van der Waals surface area contributed by atoms with Crippen molar-refractivity contribution in [3.8, 4) is 0 Å². The van der Waals surface area contributed by atoms with Crippen LogP contribution in [0.4, 0.5) is 0 Å². The SMILES string of the molecule is Cc1ccc2ncn(CC(=O)c3cc(C)n(C4CCS(=O)(=O)C4)c3C)c(=O)c2c1. The van der Waals surface area contributed by atoms with Gasteiger partial charge in [-0.05, 0) is 45.4 Å². The van der Waals surface area contributed by atoms with E-state index in [1.165, 1.54) is 10.9 Å². The zero-order chi connectivity index (χ0) is 20.9. The van der Waals surface area contributed by atoms with E-state index in [4.69, 9.17) is 0 Å². The van der Waals surface area contributed by atoms with Crippen molar-refractivity contribution in [1.82, 2.24) is 14.1 Å². The molecule has 0 saturated carbocycles. The van der Waals surface area contributed by atoms with Crippen LogP contribution in [0.2, 0.25) is 0 Å². The average molecular weight is 413 g/mol. The highest BCUT2D eigenvalue weighted by atomic mass is 32.2. The van der Waals surface area contributed by atoms with Gasteiger partial charge >= 0.3 is 0 Å². The van der Waals surface area contributed by atoms with Crippen LogP contribution < -0.4 is 5.56 Å². The summed E-state index contributed by atoms with van der Waals surface area (Å²) in [7, 11) is -3.03. The van der Waals surface area contributed by atoms with E-state index in [-0.39, 0.29) is 35.4 Å². The monoisotopic (exact) mass is 413 g/mol. The number of Topliss-reactive ketones (excluding diaryl/α,β-unsaturated/α-hetero) is 1. The third-order valence-corrected chi connectivity index (χ3v) is 7.40. The van der Waals surface area contributed by atoms with Gasteiger partial charge in [-0.2, -0.15) is 0 Å². The molecule has 0 bridgehead atoms. The molecule has 3 heterocycles. The first-order valence-corrected chi connectivity index (χ1v) is 11.4. The number of carbonyl (C=O) groups excluding carboxylic acids is 1. The maximum atomic E-state index is 13.0. The quantitative estimate of drug-likeness (QED) is 0.613. The summed E-state index contributed by atoms with van der Waals surface area (Å²) in [5.41, 5.74) is 3.42. The summed E-state index contributed by atoms with van der Waals surface area (Å²) in [6, 6.07) is 7.10. The van der Waals surface area contributed by atoms with E-state index >= 15 is 0 Å². The molecule has 1 aromatic carbocycles. The Morgan fingerprint density at radius 1 is 1.21 bits per heavy atom. The number of ketones is 1. The molecule has 2 aromatic heterocycles. The summed E-state index contributed by atoms with van der Waals surface area (Å²) in [5.74, 6) is 0.0843. The van der Waals surface area contributed by atoms with Gasteiger partial charge in [0.2, 0.25) is 0 Å². The van der Waals surface area contributed by atoms with Crippen LogP contribution in [0.25, 0.3) is 10.9 Å². The number of carbonyl (C=O) groups is 1. The average Bonchev–Trinajstić information content (AvgIpc) is 3.16. The lowest BCUT2D eigenvalue weighted by molar-refractivity contribution is 0.0970. The van der Waals surface area contributed by atoms with E-state index in [1.807, 2.05) is 31.4 Å². The summed E-state index contributed by atoms with van der Waals surface area (Å²) in [6.07, 6.45) is 1.96. The van der Waals surface area contributed by atoms with Crippen LogP contribution in [0, 0.1) is 20.8 Å². The van der Waals surface area contributed by atoms with Gasteiger partial charge in [0.25, 0.3) is 5.56 Å². The number of benzene rings is 1. The molecule has 0 amide bonds. The summed E-state index contributed by atoms with van der Waals surface area (Å²) in [5, 5.41) is 0.488. The summed E-state index contributed by atoms with van der Waals surface area (Å²) < 4.78 is 27.0. The Labute approximate surface area is 168 Å². The fourth-order valence-electron chi connectivity index (χ4n) is 4.23. The molecule has 0 spiro atoms. The van der Waals surface area contributed by atoms with Crippen LogP contribution in [-0.4, -0.2) is 39.8 Å². The number of aromatic nitrogens is 3. The minimum absolute atomic E-state index is 0.102. The number of nitrogens with zero attached hydrogens (tertiary/aromatic N) is 3. The molecule has 1 aliphatic rings. The zero-order valence-corrected chi connectivity index (χ0v) is 17.5. The van der Waals surface area contributed by atoms with Crippen LogP contribution in [0.3, 0.4) is 0 Å². The van der Waals surface area contributed by atoms with Crippen molar-refractivity contribution in [1.29, 1.82) is 0 Å². The molecule has 4 rings (SSSR count). The molecule has 1 atom stereocenters. The van der Waals surface area contributed by atoms with E-state index in [1.54, 1.807) is 18.2 Å². The van der Waals surface area contributed by atoms with Crippen molar-refractivity contribution in [3.63, 3.8) is 0 Å². The largest absolute Gasteiger partial charge is 0.344 e. The van der Waals surface area contributed by atoms with Crippen LogP contribution in [0.15, 0.2) is 35.4 Å². The topological polar surface area (TPSA) is 91.0 Å². The number of rotatable bonds is 4. The van der Waals surface area contributed by atoms with Gasteiger partial charge in [0.05, 0.1) is 35.3 Å². The molecular weight excluding hydrogens is 390 g/mol. The van der Waals surface area contributed by atoms with Crippen molar-refractivity contribution in [3.05, 3.63) is 63.5 Å². The van der Waals surface area contributed by atoms with Crippen molar-refractivity contribution in [2.45, 2.75) is 39.8 Å². The Kier molecular flexibility index (Phi) is 4.69. The third kappa shape index (κ3) is 3.53.